The van der Waals surface area contributed by atoms with Gasteiger partial charge in [0, 0.05) is 37.2 Å². The summed E-state index contributed by atoms with van der Waals surface area (Å²) in [5, 5.41) is 9.91. The van der Waals surface area contributed by atoms with E-state index in [4.69, 9.17) is 0 Å². The maximum absolute atomic E-state index is 12.8. The van der Waals surface area contributed by atoms with Gasteiger partial charge in [-0.15, -0.1) is 11.3 Å². The Morgan fingerprint density at radius 3 is 2.22 bits per heavy atom. The van der Waals surface area contributed by atoms with E-state index in [-0.39, 0.29) is 11.8 Å². The molecular formula is C26H29N7O2S. The lowest BCUT2D eigenvalue weighted by atomic mass is 10.1. The van der Waals surface area contributed by atoms with Crippen LogP contribution in [0.5, 0.6) is 0 Å². The molecular weight excluding hydrogens is 474 g/mol. The van der Waals surface area contributed by atoms with Crippen LogP contribution in [0.25, 0.3) is 5.69 Å². The molecule has 0 unspecified atom stereocenters. The first kappa shape index (κ1) is 25.1. The third-order valence-electron chi connectivity index (χ3n) is 5.64. The molecule has 186 valence electrons. The molecule has 2 aromatic heterocycles. The maximum atomic E-state index is 12.8. The minimum absolute atomic E-state index is 0.243. The first-order valence-corrected chi connectivity index (χ1v) is 12.3. The van der Waals surface area contributed by atoms with Crippen LogP contribution >= 0.6 is 11.3 Å². The van der Waals surface area contributed by atoms with E-state index in [0.29, 0.717) is 15.4 Å². The van der Waals surface area contributed by atoms with Crippen LogP contribution in [0.15, 0.2) is 67.3 Å². The Morgan fingerprint density at radius 1 is 0.917 bits per heavy atom. The molecule has 0 spiro atoms. The van der Waals surface area contributed by atoms with Gasteiger partial charge in [0.2, 0.25) is 0 Å². The number of rotatable bonds is 9. The van der Waals surface area contributed by atoms with Gasteiger partial charge in [0.1, 0.15) is 12.7 Å². The Kier molecular flexibility index (Phi) is 7.77. The number of nitrogens with one attached hydrogen (secondary N) is 2. The number of aryl methyl sites for hydroxylation is 1. The highest BCUT2D eigenvalue weighted by Gasteiger charge is 2.15. The fourth-order valence-corrected chi connectivity index (χ4v) is 4.30. The number of carbonyl (C=O) groups is 2. The molecule has 0 aliphatic rings. The fourth-order valence-electron chi connectivity index (χ4n) is 3.50. The summed E-state index contributed by atoms with van der Waals surface area (Å²) in [6, 6.07) is 16.6. The van der Waals surface area contributed by atoms with Crippen molar-refractivity contribution in [3.63, 3.8) is 0 Å². The Morgan fingerprint density at radius 2 is 1.61 bits per heavy atom. The van der Waals surface area contributed by atoms with E-state index in [0.717, 1.165) is 47.1 Å². The van der Waals surface area contributed by atoms with Gasteiger partial charge >= 0.3 is 0 Å². The summed E-state index contributed by atoms with van der Waals surface area (Å²) in [6.45, 7) is 3.83. The zero-order chi connectivity index (χ0) is 25.7. The van der Waals surface area contributed by atoms with Crippen LogP contribution in [0.2, 0.25) is 0 Å². The maximum Gasteiger partial charge on any atom is 0.265 e. The molecule has 2 aromatic carbocycles. The van der Waals surface area contributed by atoms with Crippen molar-refractivity contribution in [3.8, 4) is 5.69 Å². The number of likely N-dealkylation sites (N-methyl/N-ethyl adjacent to an activating group) is 2. The van der Waals surface area contributed by atoms with Gasteiger partial charge in [-0.2, -0.15) is 5.10 Å². The number of benzene rings is 2. The molecule has 0 atom stereocenters. The molecule has 2 amide bonds. The summed E-state index contributed by atoms with van der Waals surface area (Å²) in [5.41, 5.74) is 4.30. The van der Waals surface area contributed by atoms with Crippen LogP contribution in [-0.4, -0.2) is 65.7 Å². The van der Waals surface area contributed by atoms with E-state index in [1.807, 2.05) is 31.2 Å². The lowest BCUT2D eigenvalue weighted by Crippen LogP contribution is -2.28. The van der Waals surface area contributed by atoms with Gasteiger partial charge in [-0.05, 0) is 81.2 Å². The van der Waals surface area contributed by atoms with Crippen molar-refractivity contribution in [1.82, 2.24) is 19.7 Å². The van der Waals surface area contributed by atoms with Crippen molar-refractivity contribution in [1.29, 1.82) is 0 Å². The molecule has 10 heteroatoms. The topological polar surface area (TPSA) is 95.4 Å². The number of aromatic nitrogens is 3. The molecule has 0 saturated heterocycles. The molecule has 0 aliphatic carbocycles. The molecule has 36 heavy (non-hydrogen) atoms. The van der Waals surface area contributed by atoms with Gasteiger partial charge in [0.05, 0.1) is 15.4 Å². The molecule has 0 radical (unpaired) electrons. The third kappa shape index (κ3) is 6.15. The van der Waals surface area contributed by atoms with Crippen molar-refractivity contribution < 1.29 is 9.59 Å². The molecule has 0 bridgehead atoms. The quantitative estimate of drug-likeness (QED) is 0.357. The number of hydrogen-bond acceptors (Lipinski definition) is 7. The van der Waals surface area contributed by atoms with Gasteiger partial charge in [-0.1, -0.05) is 0 Å². The van der Waals surface area contributed by atoms with Gasteiger partial charge in [-0.3, -0.25) is 9.59 Å². The van der Waals surface area contributed by atoms with Gasteiger partial charge in [0.15, 0.2) is 0 Å². The van der Waals surface area contributed by atoms with Crippen molar-refractivity contribution in [2.45, 2.75) is 6.92 Å². The predicted molar refractivity (Wildman–Crippen MR) is 145 cm³/mol. The zero-order valence-corrected chi connectivity index (χ0v) is 21.5. The standard InChI is InChI=1S/C26H29N7O2S/c1-18-15-21(32(4)14-13-31(2)3)9-10-22(18)30-26(35)24-12-11-23(36-24)25(34)29-19-5-7-20(8-6-19)33-17-27-16-28-33/h5-12,15-17H,13-14H2,1-4H3,(H,29,34)(H,30,35). The lowest BCUT2D eigenvalue weighted by Gasteiger charge is -2.22. The highest BCUT2D eigenvalue weighted by Crippen LogP contribution is 2.25. The Bertz CT molecular complexity index is 1330. The molecule has 0 fully saturated rings. The van der Waals surface area contributed by atoms with Crippen LogP contribution in [0.4, 0.5) is 17.1 Å². The van der Waals surface area contributed by atoms with E-state index >= 15 is 0 Å². The van der Waals surface area contributed by atoms with Crippen molar-refractivity contribution in [2.24, 2.45) is 0 Å². The summed E-state index contributed by atoms with van der Waals surface area (Å²) < 4.78 is 1.63. The van der Waals surface area contributed by atoms with Crippen molar-refractivity contribution >= 4 is 40.2 Å². The van der Waals surface area contributed by atoms with E-state index in [9.17, 15) is 9.59 Å². The third-order valence-corrected chi connectivity index (χ3v) is 6.73. The van der Waals surface area contributed by atoms with Crippen molar-refractivity contribution in [3.05, 3.63) is 82.6 Å². The molecule has 0 aliphatic heterocycles. The summed E-state index contributed by atoms with van der Waals surface area (Å²) in [5.74, 6) is -0.512. The predicted octanol–water partition coefficient (Wildman–Crippen LogP) is 4.14. The lowest BCUT2D eigenvalue weighted by molar-refractivity contribution is 0.102. The fraction of sp³-hybridized carbons (Fsp3) is 0.231. The van der Waals surface area contributed by atoms with E-state index in [1.165, 1.54) is 6.33 Å². The summed E-state index contributed by atoms with van der Waals surface area (Å²) >= 11 is 1.15. The Balaban J connectivity index is 1.36. The molecule has 2 N–H and O–H groups in total. The molecule has 2 heterocycles. The summed E-state index contributed by atoms with van der Waals surface area (Å²) in [4.78, 5) is 34.7. The number of amides is 2. The van der Waals surface area contributed by atoms with Crippen LogP contribution < -0.4 is 15.5 Å². The minimum Gasteiger partial charge on any atom is -0.373 e. The number of nitrogens with zero attached hydrogens (tertiary/aromatic N) is 5. The van der Waals surface area contributed by atoms with Crippen LogP contribution in [0.3, 0.4) is 0 Å². The average molecular weight is 504 g/mol. The normalized spacial score (nSPS) is 10.9. The molecule has 4 aromatic rings. The van der Waals surface area contributed by atoms with E-state index < -0.39 is 0 Å². The molecule has 4 rings (SSSR count). The van der Waals surface area contributed by atoms with Crippen LogP contribution in [0.1, 0.15) is 24.9 Å². The largest absolute Gasteiger partial charge is 0.373 e. The zero-order valence-electron chi connectivity index (χ0n) is 20.7. The Hall–Kier alpha value is -4.02. The second kappa shape index (κ2) is 11.1. The first-order chi connectivity index (χ1) is 17.3. The number of thiophene rings is 1. The SMILES string of the molecule is Cc1cc(N(C)CCN(C)C)ccc1NC(=O)c1ccc(C(=O)Nc2ccc(-n3cncn3)cc2)s1. The Labute approximate surface area is 214 Å². The molecule has 0 saturated carbocycles. The monoisotopic (exact) mass is 503 g/mol. The number of hydrogen-bond donors (Lipinski definition) is 2. The van der Waals surface area contributed by atoms with E-state index in [1.54, 1.807) is 35.3 Å². The number of anilines is 3. The van der Waals surface area contributed by atoms with Gasteiger partial charge < -0.3 is 20.4 Å². The van der Waals surface area contributed by atoms with Gasteiger partial charge in [-0.25, -0.2) is 9.67 Å². The number of carbonyl (C=O) groups excluding carboxylic acids is 2. The minimum atomic E-state index is -0.270. The highest BCUT2D eigenvalue weighted by molar-refractivity contribution is 7.16. The van der Waals surface area contributed by atoms with Crippen LogP contribution in [0, 0.1) is 6.92 Å². The summed E-state index contributed by atoms with van der Waals surface area (Å²) in [7, 11) is 6.16. The second-order valence-electron chi connectivity index (χ2n) is 8.68. The first-order valence-electron chi connectivity index (χ1n) is 11.4. The average Bonchev–Trinajstić information content (AvgIpc) is 3.57. The second-order valence-corrected chi connectivity index (χ2v) is 9.77. The van der Waals surface area contributed by atoms with Gasteiger partial charge in [0.25, 0.3) is 11.8 Å². The smallest absolute Gasteiger partial charge is 0.265 e. The van der Waals surface area contributed by atoms with Crippen LogP contribution in [-0.2, 0) is 0 Å². The summed E-state index contributed by atoms with van der Waals surface area (Å²) in [6.07, 6.45) is 3.06. The molecule has 9 nitrogen and oxygen atoms in total. The van der Waals surface area contributed by atoms with E-state index in [2.05, 4.69) is 57.7 Å². The van der Waals surface area contributed by atoms with Crippen molar-refractivity contribution in [2.75, 3.05) is 49.8 Å². The highest BCUT2D eigenvalue weighted by atomic mass is 32.1.